The van der Waals surface area contributed by atoms with Gasteiger partial charge in [0.2, 0.25) is 0 Å². The number of carbonyl (C=O) groups excluding carboxylic acids is 1. The summed E-state index contributed by atoms with van der Waals surface area (Å²) in [6.07, 6.45) is 7.79. The van der Waals surface area contributed by atoms with Crippen LogP contribution in [0.2, 0.25) is 0 Å². The molecular formula is C19H19N3O3S. The van der Waals surface area contributed by atoms with Crippen LogP contribution < -0.4 is 5.43 Å². The average Bonchev–Trinajstić information content (AvgIpc) is 3.04. The number of aryl methyl sites for hydroxylation is 1. The van der Waals surface area contributed by atoms with Crippen LogP contribution >= 0.6 is 11.3 Å². The predicted molar refractivity (Wildman–Crippen MR) is 104 cm³/mol. The van der Waals surface area contributed by atoms with Gasteiger partial charge in [-0.25, -0.2) is 5.43 Å². The largest absolute Gasteiger partial charge is 0.281 e. The molecule has 26 heavy (non-hydrogen) atoms. The Morgan fingerprint density at radius 3 is 3.04 bits per heavy atom. The molecule has 0 saturated heterocycles. The molecule has 0 spiro atoms. The number of nitro groups is 1. The van der Waals surface area contributed by atoms with Crippen molar-refractivity contribution >= 4 is 35.2 Å². The maximum Gasteiger partial charge on any atom is 0.281 e. The zero-order valence-corrected chi connectivity index (χ0v) is 15.2. The van der Waals surface area contributed by atoms with E-state index >= 15 is 0 Å². The van der Waals surface area contributed by atoms with Crippen LogP contribution in [0.4, 0.5) is 5.69 Å². The van der Waals surface area contributed by atoms with E-state index in [2.05, 4.69) is 17.5 Å². The molecule has 1 N–H and O–H groups in total. The second-order valence-electron chi connectivity index (χ2n) is 6.30. The van der Waals surface area contributed by atoms with Crippen LogP contribution in [0.15, 0.2) is 41.5 Å². The van der Waals surface area contributed by atoms with E-state index in [4.69, 9.17) is 0 Å². The number of allylic oxidation sites excluding steroid dienone is 1. The van der Waals surface area contributed by atoms with Crippen molar-refractivity contribution in [1.82, 2.24) is 5.43 Å². The molecule has 6 nitrogen and oxygen atoms in total. The molecule has 134 valence electrons. The van der Waals surface area contributed by atoms with Crippen LogP contribution in [-0.2, 0) is 12.8 Å². The third-order valence-corrected chi connectivity index (χ3v) is 5.52. The van der Waals surface area contributed by atoms with Crippen LogP contribution in [0.25, 0.3) is 6.08 Å². The lowest BCUT2D eigenvalue weighted by Crippen LogP contribution is -2.15. The highest BCUT2D eigenvalue weighted by Crippen LogP contribution is 2.32. The van der Waals surface area contributed by atoms with Crippen molar-refractivity contribution in [2.24, 2.45) is 11.0 Å². The first-order valence-corrected chi connectivity index (χ1v) is 9.21. The van der Waals surface area contributed by atoms with Crippen molar-refractivity contribution in [2.75, 3.05) is 0 Å². The van der Waals surface area contributed by atoms with Gasteiger partial charge in [0.25, 0.3) is 11.6 Å². The molecule has 2 aromatic rings. The third-order valence-electron chi connectivity index (χ3n) is 4.29. The van der Waals surface area contributed by atoms with Crippen molar-refractivity contribution in [3.8, 4) is 0 Å². The van der Waals surface area contributed by atoms with Gasteiger partial charge in [-0.3, -0.25) is 14.9 Å². The van der Waals surface area contributed by atoms with Gasteiger partial charge < -0.3 is 0 Å². The summed E-state index contributed by atoms with van der Waals surface area (Å²) in [5, 5.41) is 14.8. The van der Waals surface area contributed by atoms with Crippen LogP contribution in [0.3, 0.4) is 0 Å². The van der Waals surface area contributed by atoms with E-state index in [1.54, 1.807) is 30.4 Å². The molecule has 0 radical (unpaired) electrons. The highest BCUT2D eigenvalue weighted by molar-refractivity contribution is 7.14. The summed E-state index contributed by atoms with van der Waals surface area (Å²) in [6, 6.07) is 8.40. The molecule has 1 atom stereocenters. The van der Waals surface area contributed by atoms with Crippen LogP contribution in [0.5, 0.6) is 0 Å². The molecule has 7 heteroatoms. The van der Waals surface area contributed by atoms with E-state index in [0.717, 1.165) is 12.8 Å². The van der Waals surface area contributed by atoms with Crippen molar-refractivity contribution in [3.63, 3.8) is 0 Å². The Kier molecular flexibility index (Phi) is 5.58. The molecule has 1 aliphatic carbocycles. The van der Waals surface area contributed by atoms with E-state index in [1.807, 2.05) is 6.07 Å². The van der Waals surface area contributed by atoms with Gasteiger partial charge in [-0.15, -0.1) is 11.3 Å². The number of nitrogens with zero attached hydrogens (tertiary/aromatic N) is 2. The fourth-order valence-corrected chi connectivity index (χ4v) is 4.05. The third kappa shape index (κ3) is 4.23. The standard InChI is InChI=1S/C19H19N3O3S/c1-13-8-9-17-15(11-13)12-18(26-17)19(23)21-20-10-4-6-14-5-2-3-7-16(14)22(24)25/h2-7,10,12-13H,8-9,11H2,1H3,(H,21,23)/b6-4+,20-10-/t13-/m0/s1. The SMILES string of the molecule is C[C@H]1CCc2sc(C(=O)N/N=C\C=C\c3ccccc3[N+](=O)[O-])cc2C1. The number of hydrogen-bond acceptors (Lipinski definition) is 5. The minimum absolute atomic E-state index is 0.0274. The summed E-state index contributed by atoms with van der Waals surface area (Å²) >= 11 is 1.53. The lowest BCUT2D eigenvalue weighted by atomic mass is 9.90. The van der Waals surface area contributed by atoms with Crippen molar-refractivity contribution in [3.05, 3.63) is 67.4 Å². The molecule has 1 aliphatic rings. The molecule has 0 fully saturated rings. The van der Waals surface area contributed by atoms with Gasteiger partial charge in [-0.05, 0) is 55.0 Å². The predicted octanol–water partition coefficient (Wildman–Crippen LogP) is 4.21. The molecule has 1 aromatic heterocycles. The number of benzene rings is 1. The maximum absolute atomic E-state index is 12.2. The van der Waals surface area contributed by atoms with Crippen molar-refractivity contribution < 1.29 is 9.72 Å². The van der Waals surface area contributed by atoms with Gasteiger partial charge in [0, 0.05) is 17.2 Å². The number of hydrazone groups is 1. The number of thiophene rings is 1. The van der Waals surface area contributed by atoms with Gasteiger partial charge in [-0.1, -0.05) is 19.1 Å². The number of fused-ring (bicyclic) bond motifs is 1. The summed E-state index contributed by atoms with van der Waals surface area (Å²) in [4.78, 5) is 24.7. The van der Waals surface area contributed by atoms with Gasteiger partial charge in [0.05, 0.1) is 15.4 Å². The lowest BCUT2D eigenvalue weighted by Gasteiger charge is -2.16. The summed E-state index contributed by atoms with van der Waals surface area (Å²) in [5.74, 6) is 0.436. The van der Waals surface area contributed by atoms with Crippen LogP contribution in [0.1, 0.15) is 39.0 Å². The van der Waals surface area contributed by atoms with E-state index in [0.29, 0.717) is 16.4 Å². The fraction of sp³-hybridized carbons (Fsp3) is 0.263. The fourth-order valence-electron chi connectivity index (χ4n) is 2.95. The van der Waals surface area contributed by atoms with E-state index in [-0.39, 0.29) is 11.6 Å². The first kappa shape index (κ1) is 18.0. The second kappa shape index (κ2) is 8.05. The number of hydrogen-bond donors (Lipinski definition) is 1. The Labute approximate surface area is 155 Å². The Bertz CT molecular complexity index is 886. The number of carbonyl (C=O) groups is 1. The first-order valence-electron chi connectivity index (χ1n) is 8.39. The topological polar surface area (TPSA) is 84.6 Å². The van der Waals surface area contributed by atoms with Crippen LogP contribution in [0, 0.1) is 16.0 Å². The van der Waals surface area contributed by atoms with E-state index in [9.17, 15) is 14.9 Å². The molecule has 3 rings (SSSR count). The number of nitro benzene ring substituents is 1. The smallest absolute Gasteiger partial charge is 0.266 e. The number of amides is 1. The number of rotatable bonds is 5. The molecule has 1 amide bonds. The lowest BCUT2D eigenvalue weighted by molar-refractivity contribution is -0.385. The average molecular weight is 369 g/mol. The monoisotopic (exact) mass is 369 g/mol. The maximum atomic E-state index is 12.2. The zero-order valence-electron chi connectivity index (χ0n) is 14.3. The number of nitrogens with one attached hydrogen (secondary N) is 1. The summed E-state index contributed by atoms with van der Waals surface area (Å²) < 4.78 is 0. The van der Waals surface area contributed by atoms with Gasteiger partial charge in [0.1, 0.15) is 0 Å². The van der Waals surface area contributed by atoms with Crippen molar-refractivity contribution in [1.29, 1.82) is 0 Å². The minimum atomic E-state index is -0.433. The van der Waals surface area contributed by atoms with Gasteiger partial charge >= 0.3 is 0 Å². The van der Waals surface area contributed by atoms with Crippen LogP contribution in [-0.4, -0.2) is 17.0 Å². The Morgan fingerprint density at radius 2 is 2.23 bits per heavy atom. The second-order valence-corrected chi connectivity index (χ2v) is 7.44. The molecule has 0 bridgehead atoms. The molecule has 0 aliphatic heterocycles. The van der Waals surface area contributed by atoms with Gasteiger partial charge in [-0.2, -0.15) is 5.10 Å². The summed E-state index contributed by atoms with van der Waals surface area (Å²) in [5.41, 5.74) is 4.28. The molecule has 1 aromatic carbocycles. The minimum Gasteiger partial charge on any atom is -0.266 e. The molecule has 0 unspecified atom stereocenters. The zero-order chi connectivity index (χ0) is 18.5. The molecular weight excluding hydrogens is 350 g/mol. The Balaban J connectivity index is 1.59. The highest BCUT2D eigenvalue weighted by atomic mass is 32.1. The Morgan fingerprint density at radius 1 is 1.42 bits per heavy atom. The molecule has 0 saturated carbocycles. The first-order chi connectivity index (χ1) is 12.5. The van der Waals surface area contributed by atoms with Gasteiger partial charge in [0.15, 0.2) is 0 Å². The molecule has 1 heterocycles. The highest BCUT2D eigenvalue weighted by Gasteiger charge is 2.20. The summed E-state index contributed by atoms with van der Waals surface area (Å²) in [6.45, 7) is 2.23. The normalized spacial score (nSPS) is 16.7. The Hall–Kier alpha value is -2.80. The quantitative estimate of drug-likeness (QED) is 0.487. The van der Waals surface area contributed by atoms with E-state index < -0.39 is 4.92 Å². The summed E-state index contributed by atoms with van der Waals surface area (Å²) in [7, 11) is 0. The van der Waals surface area contributed by atoms with Crippen molar-refractivity contribution in [2.45, 2.75) is 26.2 Å². The number of para-hydroxylation sites is 1. The van der Waals surface area contributed by atoms with E-state index in [1.165, 1.54) is 40.5 Å².